The second kappa shape index (κ2) is 5.56. The number of carbonyl (C=O) groups excluding carboxylic acids is 1. The first-order valence-electron chi connectivity index (χ1n) is 6.16. The van der Waals surface area contributed by atoms with Gasteiger partial charge in [-0.25, -0.2) is 8.42 Å². The van der Waals surface area contributed by atoms with E-state index in [4.69, 9.17) is 0 Å². The van der Waals surface area contributed by atoms with E-state index < -0.39 is 9.84 Å². The average Bonchev–Trinajstić information content (AvgIpc) is 2.88. The Morgan fingerprint density at radius 1 is 1.33 bits per heavy atom. The van der Waals surface area contributed by atoms with Crippen LogP contribution in [0.4, 0.5) is 0 Å². The molecule has 1 atom stereocenters. The first kappa shape index (κ1) is 13.1. The van der Waals surface area contributed by atoms with E-state index in [1.165, 1.54) is 0 Å². The lowest BCUT2D eigenvalue weighted by molar-refractivity contribution is -0.121. The summed E-state index contributed by atoms with van der Waals surface area (Å²) in [6.07, 6.45) is 5.67. The van der Waals surface area contributed by atoms with Crippen LogP contribution in [-0.2, 0) is 21.2 Å². The Bertz CT molecular complexity index is 493. The second-order valence-corrected chi connectivity index (χ2v) is 6.92. The van der Waals surface area contributed by atoms with Crippen LogP contribution in [0.3, 0.4) is 0 Å². The van der Waals surface area contributed by atoms with Gasteiger partial charge in [-0.2, -0.15) is 0 Å². The van der Waals surface area contributed by atoms with Crippen LogP contribution in [0.1, 0.15) is 19.3 Å². The summed E-state index contributed by atoms with van der Waals surface area (Å²) in [5.74, 6) is 0.238. The van der Waals surface area contributed by atoms with Crippen LogP contribution in [-0.4, -0.2) is 36.4 Å². The Balaban J connectivity index is 1.67. The predicted octanol–water partition coefficient (Wildman–Crippen LogP) is 0.572. The molecule has 0 radical (unpaired) electrons. The number of aromatic nitrogens is 1. The quantitative estimate of drug-likeness (QED) is 0.850. The first-order valence-corrected chi connectivity index (χ1v) is 7.98. The molecule has 1 N–H and O–H groups in total. The smallest absolute Gasteiger partial charge is 0.220 e. The second-order valence-electron chi connectivity index (χ2n) is 4.69. The number of amides is 1. The van der Waals surface area contributed by atoms with Gasteiger partial charge in [0.1, 0.15) is 0 Å². The highest BCUT2D eigenvalue weighted by atomic mass is 32.2. The van der Waals surface area contributed by atoms with Gasteiger partial charge in [0, 0.05) is 31.4 Å². The summed E-state index contributed by atoms with van der Waals surface area (Å²) >= 11 is 0. The normalized spacial score (nSPS) is 21.9. The predicted molar refractivity (Wildman–Crippen MR) is 68.9 cm³/mol. The SMILES string of the molecule is O=C(CCCn1cccc1)N[C@@H]1CCS(=O)(=O)C1. The number of aryl methyl sites for hydroxylation is 1. The minimum Gasteiger partial charge on any atom is -0.354 e. The van der Waals surface area contributed by atoms with Crippen molar-refractivity contribution >= 4 is 15.7 Å². The molecule has 1 aromatic heterocycles. The molecule has 2 rings (SSSR count). The fraction of sp³-hybridized carbons (Fsp3) is 0.583. The topological polar surface area (TPSA) is 68.2 Å². The van der Waals surface area contributed by atoms with Crippen molar-refractivity contribution in [3.05, 3.63) is 24.5 Å². The highest BCUT2D eigenvalue weighted by Crippen LogP contribution is 2.11. The molecule has 1 saturated heterocycles. The average molecular weight is 270 g/mol. The van der Waals surface area contributed by atoms with E-state index in [0.717, 1.165) is 13.0 Å². The molecule has 6 heteroatoms. The third-order valence-corrected chi connectivity index (χ3v) is 4.85. The van der Waals surface area contributed by atoms with Gasteiger partial charge in [-0.15, -0.1) is 0 Å². The van der Waals surface area contributed by atoms with Gasteiger partial charge in [0.15, 0.2) is 9.84 Å². The summed E-state index contributed by atoms with van der Waals surface area (Å²) in [6.45, 7) is 0.809. The summed E-state index contributed by atoms with van der Waals surface area (Å²) in [6, 6.07) is 3.71. The van der Waals surface area contributed by atoms with E-state index in [0.29, 0.717) is 12.8 Å². The highest BCUT2D eigenvalue weighted by Gasteiger charge is 2.28. The number of carbonyl (C=O) groups is 1. The summed E-state index contributed by atoms with van der Waals surface area (Å²) in [5.41, 5.74) is 0. The zero-order valence-electron chi connectivity index (χ0n) is 10.2. The Kier molecular flexibility index (Phi) is 4.06. The molecule has 1 aliphatic heterocycles. The summed E-state index contributed by atoms with van der Waals surface area (Å²) < 4.78 is 24.5. The molecule has 18 heavy (non-hydrogen) atoms. The van der Waals surface area contributed by atoms with Crippen molar-refractivity contribution in [1.29, 1.82) is 0 Å². The number of nitrogens with zero attached hydrogens (tertiary/aromatic N) is 1. The van der Waals surface area contributed by atoms with Crippen LogP contribution >= 0.6 is 0 Å². The van der Waals surface area contributed by atoms with Crippen LogP contribution in [0.25, 0.3) is 0 Å². The van der Waals surface area contributed by atoms with E-state index in [2.05, 4.69) is 5.32 Å². The highest BCUT2D eigenvalue weighted by molar-refractivity contribution is 7.91. The molecule has 2 heterocycles. The van der Waals surface area contributed by atoms with Gasteiger partial charge < -0.3 is 9.88 Å². The summed E-state index contributed by atoms with van der Waals surface area (Å²) in [5, 5.41) is 2.79. The van der Waals surface area contributed by atoms with Gasteiger partial charge in [-0.1, -0.05) is 0 Å². The molecule has 0 saturated carbocycles. The van der Waals surface area contributed by atoms with Crippen LogP contribution in [0.5, 0.6) is 0 Å². The fourth-order valence-electron chi connectivity index (χ4n) is 2.15. The molecule has 5 nitrogen and oxygen atoms in total. The first-order chi connectivity index (χ1) is 8.55. The molecule has 0 bridgehead atoms. The molecule has 1 aliphatic rings. The Morgan fingerprint density at radius 2 is 2.06 bits per heavy atom. The number of hydrogen-bond acceptors (Lipinski definition) is 3. The van der Waals surface area contributed by atoms with E-state index in [1.807, 2.05) is 29.1 Å². The lowest BCUT2D eigenvalue weighted by Crippen LogP contribution is -2.35. The zero-order valence-corrected chi connectivity index (χ0v) is 11.0. The molecular weight excluding hydrogens is 252 g/mol. The Hall–Kier alpha value is -1.30. The fourth-order valence-corrected chi connectivity index (χ4v) is 3.82. The number of hydrogen-bond donors (Lipinski definition) is 1. The molecule has 1 amide bonds. The van der Waals surface area contributed by atoms with Crippen molar-refractivity contribution in [3.8, 4) is 0 Å². The van der Waals surface area contributed by atoms with Crippen LogP contribution in [0.15, 0.2) is 24.5 Å². The van der Waals surface area contributed by atoms with Crippen molar-refractivity contribution < 1.29 is 13.2 Å². The Labute approximate surface area is 107 Å². The number of nitrogens with one attached hydrogen (secondary N) is 1. The van der Waals surface area contributed by atoms with E-state index >= 15 is 0 Å². The van der Waals surface area contributed by atoms with E-state index in [-0.39, 0.29) is 23.5 Å². The molecule has 1 aromatic rings. The van der Waals surface area contributed by atoms with Gasteiger partial charge >= 0.3 is 0 Å². The van der Waals surface area contributed by atoms with Gasteiger partial charge in [0.25, 0.3) is 0 Å². The van der Waals surface area contributed by atoms with Crippen molar-refractivity contribution in [2.75, 3.05) is 11.5 Å². The molecule has 0 unspecified atom stereocenters. The van der Waals surface area contributed by atoms with Crippen molar-refractivity contribution in [2.24, 2.45) is 0 Å². The van der Waals surface area contributed by atoms with Crippen molar-refractivity contribution in [1.82, 2.24) is 9.88 Å². The maximum atomic E-state index is 11.6. The van der Waals surface area contributed by atoms with Crippen LogP contribution in [0.2, 0.25) is 0 Å². The van der Waals surface area contributed by atoms with Crippen molar-refractivity contribution in [2.45, 2.75) is 31.8 Å². The molecular formula is C12H18N2O3S. The molecule has 0 aromatic carbocycles. The van der Waals surface area contributed by atoms with E-state index in [9.17, 15) is 13.2 Å². The van der Waals surface area contributed by atoms with E-state index in [1.54, 1.807) is 0 Å². The number of rotatable bonds is 5. The largest absolute Gasteiger partial charge is 0.354 e. The lowest BCUT2D eigenvalue weighted by Gasteiger charge is -2.10. The maximum absolute atomic E-state index is 11.6. The van der Waals surface area contributed by atoms with Gasteiger partial charge in [-0.3, -0.25) is 4.79 Å². The van der Waals surface area contributed by atoms with Gasteiger partial charge in [-0.05, 0) is 25.0 Å². The van der Waals surface area contributed by atoms with Gasteiger partial charge in [0.2, 0.25) is 5.91 Å². The summed E-state index contributed by atoms with van der Waals surface area (Å²) in [7, 11) is -2.92. The Morgan fingerprint density at radius 3 is 2.67 bits per heavy atom. The lowest BCUT2D eigenvalue weighted by atomic mass is 10.2. The van der Waals surface area contributed by atoms with Crippen LogP contribution in [0, 0.1) is 0 Å². The monoisotopic (exact) mass is 270 g/mol. The molecule has 1 fully saturated rings. The summed E-state index contributed by atoms with van der Waals surface area (Å²) in [4.78, 5) is 11.6. The van der Waals surface area contributed by atoms with Gasteiger partial charge in [0.05, 0.1) is 11.5 Å². The van der Waals surface area contributed by atoms with Crippen LogP contribution < -0.4 is 5.32 Å². The molecule has 100 valence electrons. The maximum Gasteiger partial charge on any atom is 0.220 e. The standard InChI is InChI=1S/C12H18N2O3S/c15-12(4-3-8-14-6-1-2-7-14)13-11-5-9-18(16,17)10-11/h1-2,6-7,11H,3-5,8-10H2,(H,13,15)/t11-/m1/s1. The van der Waals surface area contributed by atoms with Crippen molar-refractivity contribution in [3.63, 3.8) is 0 Å². The third-order valence-electron chi connectivity index (χ3n) is 3.08. The zero-order chi connectivity index (χ0) is 13.0. The third kappa shape index (κ3) is 3.87. The minimum absolute atomic E-state index is 0.0516. The number of sulfone groups is 1. The minimum atomic E-state index is -2.92. The molecule has 0 aliphatic carbocycles. The molecule has 0 spiro atoms.